The molecule has 0 radical (unpaired) electrons. The molecule has 1 aliphatic heterocycles. The molecule has 1 aliphatic rings. The molecule has 0 bridgehead atoms. The molecule has 0 fully saturated rings. The standard InChI is InChI=1S/C30H29NO4/c1-5-20-6-10-22(11-7-20)26-25-27(32)24-17-18(2)16-19(3)28(24)35-29(25)30(33)31(26)15-14-21-8-12-23(34-4)13-9-21/h6-13,16-17,26H,5,14-15H2,1-4H3/t26-/m1/s1. The van der Waals surface area contributed by atoms with Crippen LogP contribution in [0.2, 0.25) is 0 Å². The van der Waals surface area contributed by atoms with Gasteiger partial charge < -0.3 is 14.1 Å². The molecule has 5 heteroatoms. The molecule has 2 heterocycles. The maximum Gasteiger partial charge on any atom is 0.290 e. The number of methoxy groups -OCH3 is 1. The summed E-state index contributed by atoms with van der Waals surface area (Å²) in [6.07, 6.45) is 1.58. The van der Waals surface area contributed by atoms with E-state index in [-0.39, 0.29) is 17.1 Å². The van der Waals surface area contributed by atoms with Crippen molar-refractivity contribution in [2.75, 3.05) is 13.7 Å². The van der Waals surface area contributed by atoms with Gasteiger partial charge in [-0.1, -0.05) is 49.4 Å². The number of carbonyl (C=O) groups is 1. The Balaban J connectivity index is 1.62. The zero-order chi connectivity index (χ0) is 24.7. The predicted molar refractivity (Wildman–Crippen MR) is 137 cm³/mol. The summed E-state index contributed by atoms with van der Waals surface area (Å²) in [5, 5.41) is 0.529. The molecule has 0 spiro atoms. The van der Waals surface area contributed by atoms with Crippen LogP contribution < -0.4 is 10.2 Å². The lowest BCUT2D eigenvalue weighted by atomic mass is 9.96. The lowest BCUT2D eigenvalue weighted by Gasteiger charge is -2.25. The van der Waals surface area contributed by atoms with E-state index in [1.54, 1.807) is 12.0 Å². The second-order valence-electron chi connectivity index (χ2n) is 9.23. The van der Waals surface area contributed by atoms with Gasteiger partial charge in [0.05, 0.1) is 24.1 Å². The number of fused-ring (bicyclic) bond motifs is 2. The first-order valence-corrected chi connectivity index (χ1v) is 12.0. The van der Waals surface area contributed by atoms with Gasteiger partial charge in [0, 0.05) is 6.54 Å². The number of aryl methyl sites for hydroxylation is 3. The van der Waals surface area contributed by atoms with Crippen LogP contribution in [0.3, 0.4) is 0 Å². The maximum absolute atomic E-state index is 13.8. The Morgan fingerprint density at radius 2 is 1.63 bits per heavy atom. The van der Waals surface area contributed by atoms with Crippen molar-refractivity contribution in [3.8, 4) is 5.75 Å². The number of hydrogen-bond acceptors (Lipinski definition) is 4. The molecule has 4 aromatic rings. The molecule has 0 N–H and O–H groups in total. The summed E-state index contributed by atoms with van der Waals surface area (Å²) in [5.41, 5.74) is 5.86. The van der Waals surface area contributed by atoms with Crippen LogP contribution in [0.15, 0.2) is 69.9 Å². The molecule has 3 aromatic carbocycles. The number of amides is 1. The summed E-state index contributed by atoms with van der Waals surface area (Å²) >= 11 is 0. The van der Waals surface area contributed by atoms with Crippen LogP contribution in [-0.4, -0.2) is 24.5 Å². The fraction of sp³-hybridized carbons (Fsp3) is 0.267. The van der Waals surface area contributed by atoms with E-state index in [2.05, 4.69) is 19.1 Å². The van der Waals surface area contributed by atoms with Crippen molar-refractivity contribution in [3.05, 3.63) is 110 Å². The molecule has 1 aromatic heterocycles. The monoisotopic (exact) mass is 467 g/mol. The van der Waals surface area contributed by atoms with Crippen LogP contribution in [0.25, 0.3) is 11.0 Å². The van der Waals surface area contributed by atoms with Gasteiger partial charge in [-0.3, -0.25) is 9.59 Å². The van der Waals surface area contributed by atoms with Gasteiger partial charge in [-0.2, -0.15) is 0 Å². The first-order valence-electron chi connectivity index (χ1n) is 12.0. The summed E-state index contributed by atoms with van der Waals surface area (Å²) in [5.74, 6) is 0.713. The Kier molecular flexibility index (Phi) is 5.93. The predicted octanol–water partition coefficient (Wildman–Crippen LogP) is 5.77. The summed E-state index contributed by atoms with van der Waals surface area (Å²) < 4.78 is 11.4. The number of ether oxygens (including phenoxy) is 1. The Morgan fingerprint density at radius 1 is 0.943 bits per heavy atom. The van der Waals surface area contributed by atoms with Crippen molar-refractivity contribution in [3.63, 3.8) is 0 Å². The van der Waals surface area contributed by atoms with Gasteiger partial charge in [0.15, 0.2) is 5.43 Å². The fourth-order valence-corrected chi connectivity index (χ4v) is 5.03. The molecule has 0 unspecified atom stereocenters. The quantitative estimate of drug-likeness (QED) is 0.361. The van der Waals surface area contributed by atoms with Crippen molar-refractivity contribution in [2.45, 2.75) is 39.7 Å². The van der Waals surface area contributed by atoms with E-state index in [1.807, 2.05) is 62.4 Å². The SMILES string of the molecule is CCc1ccc([C@@H]2c3c(oc4c(C)cc(C)cc4c3=O)C(=O)N2CCc2ccc(OC)cc2)cc1. The van der Waals surface area contributed by atoms with E-state index in [0.29, 0.717) is 29.5 Å². The lowest BCUT2D eigenvalue weighted by molar-refractivity contribution is 0.0730. The minimum Gasteiger partial charge on any atom is -0.497 e. The van der Waals surface area contributed by atoms with Crippen LogP contribution in [0.1, 0.15) is 56.9 Å². The molecule has 0 aliphatic carbocycles. The molecule has 178 valence electrons. The summed E-state index contributed by atoms with van der Waals surface area (Å²) in [7, 11) is 1.64. The molecule has 1 atom stereocenters. The number of benzene rings is 3. The van der Waals surface area contributed by atoms with Crippen molar-refractivity contribution in [2.24, 2.45) is 0 Å². The highest BCUT2D eigenvalue weighted by atomic mass is 16.5. The molecule has 5 rings (SSSR count). The molecular weight excluding hydrogens is 438 g/mol. The lowest BCUT2D eigenvalue weighted by Crippen LogP contribution is -2.31. The van der Waals surface area contributed by atoms with Gasteiger partial charge in [0.25, 0.3) is 5.91 Å². The smallest absolute Gasteiger partial charge is 0.290 e. The Labute approximate surface area is 205 Å². The third-order valence-electron chi connectivity index (χ3n) is 6.90. The van der Waals surface area contributed by atoms with E-state index >= 15 is 0 Å². The van der Waals surface area contributed by atoms with Crippen LogP contribution in [0.5, 0.6) is 5.75 Å². The van der Waals surface area contributed by atoms with Crippen LogP contribution in [0, 0.1) is 13.8 Å². The van der Waals surface area contributed by atoms with Gasteiger partial charge in [-0.15, -0.1) is 0 Å². The third-order valence-corrected chi connectivity index (χ3v) is 6.90. The zero-order valence-corrected chi connectivity index (χ0v) is 20.6. The minimum absolute atomic E-state index is 0.127. The average molecular weight is 468 g/mol. The van der Waals surface area contributed by atoms with Crippen molar-refractivity contribution < 1.29 is 13.9 Å². The largest absolute Gasteiger partial charge is 0.497 e. The topological polar surface area (TPSA) is 59.8 Å². The summed E-state index contributed by atoms with van der Waals surface area (Å²) in [6.45, 7) is 6.44. The van der Waals surface area contributed by atoms with Crippen LogP contribution in [0.4, 0.5) is 0 Å². The average Bonchev–Trinajstić information content (AvgIpc) is 3.15. The summed E-state index contributed by atoms with van der Waals surface area (Å²) in [4.78, 5) is 29.3. The Morgan fingerprint density at radius 3 is 2.29 bits per heavy atom. The number of nitrogens with zero attached hydrogens (tertiary/aromatic N) is 1. The van der Waals surface area contributed by atoms with Crippen molar-refractivity contribution in [1.29, 1.82) is 0 Å². The number of rotatable bonds is 6. The Bertz CT molecular complexity index is 1470. The maximum atomic E-state index is 13.8. The van der Waals surface area contributed by atoms with E-state index < -0.39 is 6.04 Å². The molecule has 0 saturated heterocycles. The van der Waals surface area contributed by atoms with Crippen molar-refractivity contribution in [1.82, 2.24) is 4.90 Å². The van der Waals surface area contributed by atoms with Gasteiger partial charge in [-0.05, 0) is 72.7 Å². The minimum atomic E-state index is -0.483. The highest BCUT2D eigenvalue weighted by Gasteiger charge is 2.42. The first kappa shape index (κ1) is 22.9. The highest BCUT2D eigenvalue weighted by Crippen LogP contribution is 2.39. The summed E-state index contributed by atoms with van der Waals surface area (Å²) in [6, 6.07) is 19.4. The second kappa shape index (κ2) is 9.06. The van der Waals surface area contributed by atoms with Gasteiger partial charge >= 0.3 is 0 Å². The first-order chi connectivity index (χ1) is 16.9. The van der Waals surface area contributed by atoms with Crippen molar-refractivity contribution >= 4 is 16.9 Å². The van der Waals surface area contributed by atoms with E-state index in [1.165, 1.54) is 5.56 Å². The fourth-order valence-electron chi connectivity index (χ4n) is 5.03. The van der Waals surface area contributed by atoms with E-state index in [4.69, 9.17) is 9.15 Å². The number of hydrogen-bond donors (Lipinski definition) is 0. The van der Waals surface area contributed by atoms with Crippen LogP contribution >= 0.6 is 0 Å². The normalized spacial score (nSPS) is 15.0. The number of carbonyl (C=O) groups excluding carboxylic acids is 1. The van der Waals surface area contributed by atoms with Crippen LogP contribution in [-0.2, 0) is 12.8 Å². The molecular formula is C30H29NO4. The van der Waals surface area contributed by atoms with Gasteiger partial charge in [0.2, 0.25) is 5.76 Å². The Hall–Kier alpha value is -3.86. The molecule has 5 nitrogen and oxygen atoms in total. The molecule has 0 saturated carbocycles. The zero-order valence-electron chi connectivity index (χ0n) is 20.6. The third kappa shape index (κ3) is 4.01. The molecule has 35 heavy (non-hydrogen) atoms. The van der Waals surface area contributed by atoms with E-state index in [9.17, 15) is 9.59 Å². The van der Waals surface area contributed by atoms with Gasteiger partial charge in [0.1, 0.15) is 11.3 Å². The van der Waals surface area contributed by atoms with Gasteiger partial charge in [-0.25, -0.2) is 0 Å². The molecule has 1 amide bonds. The second-order valence-corrected chi connectivity index (χ2v) is 9.23. The highest BCUT2D eigenvalue weighted by molar-refractivity contribution is 5.99. The van der Waals surface area contributed by atoms with E-state index in [0.717, 1.165) is 34.4 Å².